The Morgan fingerprint density at radius 2 is 2.18 bits per heavy atom. The molecule has 0 amide bonds. The number of benzene rings is 1. The third kappa shape index (κ3) is 3.27. The zero-order valence-electron chi connectivity index (χ0n) is 9.22. The smallest absolute Gasteiger partial charge is 0.161 e. The highest BCUT2D eigenvalue weighted by Gasteiger charge is 2.19. The highest BCUT2D eigenvalue weighted by Crippen LogP contribution is 2.24. The Labute approximate surface area is 104 Å². The minimum Gasteiger partial charge on any atom is -0.389 e. The van der Waals surface area contributed by atoms with Crippen LogP contribution in [0.25, 0.3) is 0 Å². The third-order valence-corrected chi connectivity index (χ3v) is 2.71. The van der Waals surface area contributed by atoms with Gasteiger partial charge in [-0.15, -0.1) is 0 Å². The Hall–Kier alpha value is -1.41. The van der Waals surface area contributed by atoms with Crippen molar-refractivity contribution in [2.45, 2.75) is 25.6 Å². The van der Waals surface area contributed by atoms with Crippen LogP contribution in [0, 0.1) is 11.3 Å². The van der Waals surface area contributed by atoms with E-state index in [0.29, 0.717) is 10.6 Å². The Kier molecular flexibility index (Phi) is 4.64. The van der Waals surface area contributed by atoms with Gasteiger partial charge in [-0.2, -0.15) is 5.26 Å². The van der Waals surface area contributed by atoms with Gasteiger partial charge in [-0.25, -0.2) is 0 Å². The van der Waals surface area contributed by atoms with Crippen LogP contribution in [0.2, 0.25) is 5.02 Å². The van der Waals surface area contributed by atoms with Gasteiger partial charge in [0.1, 0.15) is 6.10 Å². The van der Waals surface area contributed by atoms with Crippen LogP contribution in [0.4, 0.5) is 0 Å². The summed E-state index contributed by atoms with van der Waals surface area (Å²) in [6.45, 7) is 1.36. The summed E-state index contributed by atoms with van der Waals surface area (Å²) in [5.74, 6) is -0.223. The summed E-state index contributed by atoms with van der Waals surface area (Å²) < 4.78 is 0. The molecule has 1 aromatic carbocycles. The largest absolute Gasteiger partial charge is 0.389 e. The quantitative estimate of drug-likeness (QED) is 0.803. The second-order valence-electron chi connectivity index (χ2n) is 3.67. The first kappa shape index (κ1) is 13.7. The average molecular weight is 254 g/mol. The Bertz CT molecular complexity index is 467. The van der Waals surface area contributed by atoms with Gasteiger partial charge in [0.2, 0.25) is 0 Å². The van der Waals surface area contributed by atoms with Crippen LogP contribution in [-0.4, -0.2) is 22.1 Å². The number of rotatable bonds is 4. The van der Waals surface area contributed by atoms with E-state index in [-0.39, 0.29) is 17.8 Å². The summed E-state index contributed by atoms with van der Waals surface area (Å²) in [5, 5.41) is 28.0. The molecule has 0 saturated heterocycles. The number of aliphatic hydroxyl groups is 2. The molecule has 90 valence electrons. The summed E-state index contributed by atoms with van der Waals surface area (Å²) in [4.78, 5) is 11.3. The molecule has 0 aliphatic carbocycles. The first-order valence-electron chi connectivity index (χ1n) is 5.00. The van der Waals surface area contributed by atoms with E-state index in [0.717, 1.165) is 0 Å². The molecule has 1 aromatic rings. The van der Waals surface area contributed by atoms with Crippen LogP contribution in [-0.2, 0) is 0 Å². The van der Waals surface area contributed by atoms with Crippen LogP contribution in [0.1, 0.15) is 35.4 Å². The number of aliphatic hydroxyl groups excluding tert-OH is 2. The van der Waals surface area contributed by atoms with Gasteiger partial charge < -0.3 is 10.2 Å². The topological polar surface area (TPSA) is 81.3 Å². The Balaban J connectivity index is 3.04. The molecule has 0 aliphatic heterocycles. The van der Waals surface area contributed by atoms with Gasteiger partial charge in [0, 0.05) is 5.56 Å². The van der Waals surface area contributed by atoms with Crippen molar-refractivity contribution in [3.8, 4) is 6.07 Å². The number of hydrogen-bond acceptors (Lipinski definition) is 4. The van der Waals surface area contributed by atoms with E-state index in [2.05, 4.69) is 0 Å². The first-order chi connectivity index (χ1) is 7.97. The molecule has 2 N–H and O–H groups in total. The molecule has 5 heteroatoms. The van der Waals surface area contributed by atoms with Crippen LogP contribution in [0.5, 0.6) is 0 Å². The minimum atomic E-state index is -1.20. The summed E-state index contributed by atoms with van der Waals surface area (Å²) in [6, 6.07) is 6.19. The molecule has 2 atom stereocenters. The molecule has 0 aliphatic rings. The van der Waals surface area contributed by atoms with Crippen molar-refractivity contribution in [1.82, 2.24) is 0 Å². The van der Waals surface area contributed by atoms with E-state index in [4.69, 9.17) is 16.9 Å². The molecule has 0 fully saturated rings. The molecule has 17 heavy (non-hydrogen) atoms. The fourth-order valence-corrected chi connectivity index (χ4v) is 1.67. The fraction of sp³-hybridized carbons (Fsp3) is 0.333. The van der Waals surface area contributed by atoms with Gasteiger partial charge in [0.05, 0.1) is 23.6 Å². The van der Waals surface area contributed by atoms with E-state index >= 15 is 0 Å². The van der Waals surface area contributed by atoms with Gasteiger partial charge in [0.25, 0.3) is 0 Å². The molecule has 0 aromatic heterocycles. The predicted molar refractivity (Wildman–Crippen MR) is 62.7 cm³/mol. The molecule has 0 heterocycles. The lowest BCUT2D eigenvalue weighted by atomic mass is 9.99. The van der Waals surface area contributed by atoms with Crippen LogP contribution >= 0.6 is 11.6 Å². The first-order valence-corrected chi connectivity index (χ1v) is 5.38. The predicted octanol–water partition coefficient (Wildman–Crippen LogP) is 1.85. The van der Waals surface area contributed by atoms with Gasteiger partial charge in [0.15, 0.2) is 5.78 Å². The second kappa shape index (κ2) is 5.78. The molecule has 4 nitrogen and oxygen atoms in total. The van der Waals surface area contributed by atoms with E-state index in [1.54, 1.807) is 6.07 Å². The van der Waals surface area contributed by atoms with Crippen LogP contribution in [0.3, 0.4) is 0 Å². The second-order valence-corrected chi connectivity index (χ2v) is 4.08. The number of nitriles is 1. The van der Waals surface area contributed by atoms with Crippen molar-refractivity contribution in [2.75, 3.05) is 0 Å². The zero-order valence-corrected chi connectivity index (χ0v) is 9.98. The van der Waals surface area contributed by atoms with Gasteiger partial charge in [-0.1, -0.05) is 17.7 Å². The number of ketones is 1. The molecule has 0 spiro atoms. The van der Waals surface area contributed by atoms with Crippen molar-refractivity contribution in [1.29, 1.82) is 5.26 Å². The molecule has 2 unspecified atom stereocenters. The maximum absolute atomic E-state index is 11.3. The number of halogens is 1. The maximum atomic E-state index is 11.3. The monoisotopic (exact) mass is 253 g/mol. The van der Waals surface area contributed by atoms with Gasteiger partial charge >= 0.3 is 0 Å². The number of nitrogens with zero attached hydrogens (tertiary/aromatic N) is 1. The average Bonchev–Trinajstić information content (AvgIpc) is 2.28. The van der Waals surface area contributed by atoms with Crippen molar-refractivity contribution in [2.24, 2.45) is 0 Å². The molecular formula is C12H12ClNO3. The summed E-state index contributed by atoms with van der Waals surface area (Å²) in [7, 11) is 0. The fourth-order valence-electron chi connectivity index (χ4n) is 1.42. The molecule has 0 saturated carbocycles. The molecule has 0 bridgehead atoms. The van der Waals surface area contributed by atoms with Crippen LogP contribution < -0.4 is 0 Å². The lowest BCUT2D eigenvalue weighted by molar-refractivity contribution is 0.0216. The van der Waals surface area contributed by atoms with E-state index in [1.807, 2.05) is 0 Å². The normalized spacial score (nSPS) is 13.8. The highest BCUT2D eigenvalue weighted by molar-refractivity contribution is 6.33. The van der Waals surface area contributed by atoms with Gasteiger partial charge in [-0.05, 0) is 24.6 Å². The molecule has 1 rings (SSSR count). The van der Waals surface area contributed by atoms with Crippen LogP contribution in [0.15, 0.2) is 18.2 Å². The van der Waals surface area contributed by atoms with Crippen molar-refractivity contribution < 1.29 is 15.0 Å². The SMILES string of the molecule is CC(=O)c1cc(C(O)C(O)CC#N)ccc1Cl. The lowest BCUT2D eigenvalue weighted by Gasteiger charge is -2.16. The van der Waals surface area contributed by atoms with E-state index in [9.17, 15) is 15.0 Å². The highest BCUT2D eigenvalue weighted by atomic mass is 35.5. The van der Waals surface area contributed by atoms with E-state index in [1.165, 1.54) is 25.1 Å². The Morgan fingerprint density at radius 3 is 2.71 bits per heavy atom. The molecular weight excluding hydrogens is 242 g/mol. The number of Topliss-reactive ketones (excluding diaryl/α,β-unsaturated/α-hetero) is 1. The number of hydrogen-bond donors (Lipinski definition) is 2. The number of carbonyl (C=O) groups is 1. The Morgan fingerprint density at radius 1 is 1.53 bits per heavy atom. The standard InChI is InChI=1S/C12H12ClNO3/c1-7(15)9-6-8(2-3-10(9)13)12(17)11(16)4-5-14/h2-3,6,11-12,16-17H,4H2,1H3. The number of carbonyl (C=O) groups excluding carboxylic acids is 1. The maximum Gasteiger partial charge on any atom is 0.161 e. The third-order valence-electron chi connectivity index (χ3n) is 2.38. The zero-order chi connectivity index (χ0) is 13.0. The summed E-state index contributed by atoms with van der Waals surface area (Å²) in [5.41, 5.74) is 0.648. The van der Waals surface area contributed by atoms with Gasteiger partial charge in [-0.3, -0.25) is 4.79 Å². The van der Waals surface area contributed by atoms with Crippen molar-refractivity contribution in [3.63, 3.8) is 0 Å². The van der Waals surface area contributed by atoms with Crippen molar-refractivity contribution in [3.05, 3.63) is 34.3 Å². The lowest BCUT2D eigenvalue weighted by Crippen LogP contribution is -2.17. The van der Waals surface area contributed by atoms with Crippen molar-refractivity contribution >= 4 is 17.4 Å². The minimum absolute atomic E-state index is 0.181. The van der Waals surface area contributed by atoms with E-state index < -0.39 is 12.2 Å². The summed E-state index contributed by atoms with van der Waals surface area (Å²) >= 11 is 5.82. The summed E-state index contributed by atoms with van der Waals surface area (Å²) in [6.07, 6.45) is -2.56. The molecule has 0 radical (unpaired) electrons.